The van der Waals surface area contributed by atoms with Gasteiger partial charge in [0, 0.05) is 5.02 Å². The summed E-state index contributed by atoms with van der Waals surface area (Å²) in [7, 11) is 0. The Hall–Kier alpha value is -1.06. The molecule has 1 amide bonds. The highest BCUT2D eigenvalue weighted by Gasteiger charge is 2.09. The molecule has 0 bridgehead atoms. The van der Waals surface area contributed by atoms with Gasteiger partial charge in [0.25, 0.3) is 0 Å². The Kier molecular flexibility index (Phi) is 3.28. The number of rotatable bonds is 3. The topological polar surface area (TPSA) is 69.1 Å². The van der Waals surface area contributed by atoms with Crippen LogP contribution in [0.2, 0.25) is 5.02 Å². The molecule has 1 aromatic rings. The average molecular weight is 199 g/mol. The van der Waals surface area contributed by atoms with Gasteiger partial charge in [0.2, 0.25) is 5.91 Å². The number of benzene rings is 1. The number of carbonyl (C=O) groups excluding carboxylic acids is 1. The van der Waals surface area contributed by atoms with Crippen molar-refractivity contribution in [1.82, 2.24) is 0 Å². The zero-order valence-corrected chi connectivity index (χ0v) is 7.79. The van der Waals surface area contributed by atoms with Crippen molar-refractivity contribution >= 4 is 17.5 Å². The summed E-state index contributed by atoms with van der Waals surface area (Å²) in [5, 5.41) is 0.663. The van der Waals surface area contributed by atoms with Crippen molar-refractivity contribution in [2.24, 2.45) is 11.5 Å². The number of nitrogens with two attached hydrogens (primary N) is 2. The summed E-state index contributed by atoms with van der Waals surface area (Å²) in [6.07, 6.45) is 0.451. The van der Waals surface area contributed by atoms with Crippen LogP contribution < -0.4 is 11.5 Å². The molecule has 4 N–H and O–H groups in total. The lowest BCUT2D eigenvalue weighted by molar-refractivity contribution is -0.119. The Morgan fingerprint density at radius 3 is 2.38 bits per heavy atom. The van der Waals surface area contributed by atoms with Crippen molar-refractivity contribution in [3.05, 3.63) is 34.9 Å². The van der Waals surface area contributed by atoms with Crippen LogP contribution in [0.15, 0.2) is 24.3 Å². The first-order valence-corrected chi connectivity index (χ1v) is 4.26. The first-order valence-electron chi connectivity index (χ1n) is 3.89. The van der Waals surface area contributed by atoms with E-state index >= 15 is 0 Å². The lowest BCUT2D eigenvalue weighted by Gasteiger charge is -2.06. The van der Waals surface area contributed by atoms with Crippen LogP contribution in [-0.4, -0.2) is 11.9 Å². The van der Waals surface area contributed by atoms with Crippen LogP contribution >= 0.6 is 11.6 Å². The van der Waals surface area contributed by atoms with Crippen molar-refractivity contribution in [2.45, 2.75) is 12.5 Å². The molecule has 0 fully saturated rings. The average Bonchev–Trinajstić information content (AvgIpc) is 2.08. The van der Waals surface area contributed by atoms with Crippen LogP contribution in [0.5, 0.6) is 0 Å². The molecule has 0 saturated carbocycles. The third kappa shape index (κ3) is 3.05. The van der Waals surface area contributed by atoms with Gasteiger partial charge in [0.15, 0.2) is 0 Å². The van der Waals surface area contributed by atoms with Crippen molar-refractivity contribution in [3.63, 3.8) is 0 Å². The van der Waals surface area contributed by atoms with Crippen LogP contribution in [0.4, 0.5) is 0 Å². The number of primary amides is 1. The molecule has 1 atom stereocenters. The van der Waals surface area contributed by atoms with Gasteiger partial charge < -0.3 is 11.5 Å². The van der Waals surface area contributed by atoms with Crippen LogP contribution in [0.25, 0.3) is 0 Å². The van der Waals surface area contributed by atoms with Gasteiger partial charge in [-0.05, 0) is 24.1 Å². The third-order valence-electron chi connectivity index (χ3n) is 1.73. The molecule has 1 aromatic carbocycles. The van der Waals surface area contributed by atoms with Crippen LogP contribution in [0.1, 0.15) is 5.56 Å². The molecule has 13 heavy (non-hydrogen) atoms. The molecule has 4 heteroatoms. The molecule has 0 saturated heterocycles. The van der Waals surface area contributed by atoms with E-state index in [4.69, 9.17) is 23.1 Å². The smallest absolute Gasteiger partial charge is 0.234 e. The van der Waals surface area contributed by atoms with E-state index in [-0.39, 0.29) is 0 Å². The predicted octanol–water partition coefficient (Wildman–Crippen LogP) is 0.695. The third-order valence-corrected chi connectivity index (χ3v) is 1.99. The Morgan fingerprint density at radius 2 is 1.92 bits per heavy atom. The molecule has 1 unspecified atom stereocenters. The summed E-state index contributed by atoms with van der Waals surface area (Å²) in [4.78, 5) is 10.6. The summed E-state index contributed by atoms with van der Waals surface area (Å²) in [5.41, 5.74) is 11.5. The van der Waals surface area contributed by atoms with E-state index < -0.39 is 11.9 Å². The van der Waals surface area contributed by atoms with Crippen molar-refractivity contribution in [2.75, 3.05) is 0 Å². The molecule has 0 aromatic heterocycles. The van der Waals surface area contributed by atoms with E-state index in [9.17, 15) is 4.79 Å². The molecule has 3 nitrogen and oxygen atoms in total. The maximum atomic E-state index is 10.6. The molecule has 0 aliphatic carbocycles. The largest absolute Gasteiger partial charge is 0.368 e. The molecule has 70 valence electrons. The zero-order valence-electron chi connectivity index (χ0n) is 7.03. The Bertz CT molecular complexity index is 297. The van der Waals surface area contributed by atoms with Gasteiger partial charge in [0.05, 0.1) is 6.04 Å². The minimum absolute atomic E-state index is 0.451. The Labute approximate surface area is 81.7 Å². The minimum atomic E-state index is -0.624. The molecular weight excluding hydrogens is 188 g/mol. The lowest BCUT2D eigenvalue weighted by Crippen LogP contribution is -2.38. The number of hydrogen-bond donors (Lipinski definition) is 2. The van der Waals surface area contributed by atoms with E-state index in [0.717, 1.165) is 5.56 Å². The van der Waals surface area contributed by atoms with Gasteiger partial charge in [-0.2, -0.15) is 0 Å². The van der Waals surface area contributed by atoms with Gasteiger partial charge in [-0.25, -0.2) is 0 Å². The first kappa shape index (κ1) is 10.0. The van der Waals surface area contributed by atoms with Gasteiger partial charge in [-0.15, -0.1) is 0 Å². The number of halogens is 1. The fourth-order valence-corrected chi connectivity index (χ4v) is 1.10. The van der Waals surface area contributed by atoms with Crippen LogP contribution in [-0.2, 0) is 11.2 Å². The second-order valence-corrected chi connectivity index (χ2v) is 3.28. The molecule has 1 rings (SSSR count). The second kappa shape index (κ2) is 4.25. The van der Waals surface area contributed by atoms with Gasteiger partial charge in [0.1, 0.15) is 0 Å². The van der Waals surface area contributed by atoms with E-state index in [1.165, 1.54) is 0 Å². The second-order valence-electron chi connectivity index (χ2n) is 2.84. The SMILES string of the molecule is NC(=O)C(N)Cc1ccc(Cl)cc1. The van der Waals surface area contributed by atoms with Crippen molar-refractivity contribution in [3.8, 4) is 0 Å². The highest BCUT2D eigenvalue weighted by atomic mass is 35.5. The van der Waals surface area contributed by atoms with E-state index in [1.54, 1.807) is 12.1 Å². The van der Waals surface area contributed by atoms with Crippen molar-refractivity contribution in [1.29, 1.82) is 0 Å². The summed E-state index contributed by atoms with van der Waals surface area (Å²) in [6.45, 7) is 0. The van der Waals surface area contributed by atoms with Gasteiger partial charge in [-0.3, -0.25) is 4.79 Å². The quantitative estimate of drug-likeness (QED) is 0.751. The molecule has 0 spiro atoms. The van der Waals surface area contributed by atoms with E-state index in [1.807, 2.05) is 12.1 Å². The zero-order chi connectivity index (χ0) is 9.84. The summed E-state index contributed by atoms with van der Waals surface area (Å²) in [5.74, 6) is -0.491. The van der Waals surface area contributed by atoms with Gasteiger partial charge in [-0.1, -0.05) is 23.7 Å². The molecule has 0 heterocycles. The Balaban J connectivity index is 2.64. The van der Waals surface area contributed by atoms with E-state index in [0.29, 0.717) is 11.4 Å². The number of carbonyl (C=O) groups is 1. The molecule has 0 aliphatic heterocycles. The fourth-order valence-electron chi connectivity index (χ4n) is 0.975. The highest BCUT2D eigenvalue weighted by molar-refractivity contribution is 6.30. The van der Waals surface area contributed by atoms with E-state index in [2.05, 4.69) is 0 Å². The molecular formula is C9H11ClN2O. The van der Waals surface area contributed by atoms with Crippen LogP contribution in [0, 0.1) is 0 Å². The number of amides is 1. The Morgan fingerprint density at radius 1 is 1.38 bits per heavy atom. The summed E-state index contributed by atoms with van der Waals surface area (Å²) < 4.78 is 0. The summed E-state index contributed by atoms with van der Waals surface area (Å²) in [6, 6.07) is 6.53. The highest BCUT2D eigenvalue weighted by Crippen LogP contribution is 2.10. The van der Waals surface area contributed by atoms with Crippen molar-refractivity contribution < 1.29 is 4.79 Å². The van der Waals surface area contributed by atoms with Crippen LogP contribution in [0.3, 0.4) is 0 Å². The standard InChI is InChI=1S/C9H11ClN2O/c10-7-3-1-6(2-4-7)5-8(11)9(12)13/h1-4,8H,5,11H2,(H2,12,13). The monoisotopic (exact) mass is 198 g/mol. The first-order chi connectivity index (χ1) is 6.09. The minimum Gasteiger partial charge on any atom is -0.368 e. The number of hydrogen-bond acceptors (Lipinski definition) is 2. The molecule has 0 radical (unpaired) electrons. The fraction of sp³-hybridized carbons (Fsp3) is 0.222. The maximum absolute atomic E-state index is 10.6. The predicted molar refractivity (Wildman–Crippen MR) is 52.3 cm³/mol. The summed E-state index contributed by atoms with van der Waals surface area (Å²) >= 11 is 5.69. The molecule has 0 aliphatic rings. The maximum Gasteiger partial charge on any atom is 0.234 e. The van der Waals surface area contributed by atoms with Gasteiger partial charge >= 0.3 is 0 Å². The normalized spacial score (nSPS) is 12.5. The lowest BCUT2D eigenvalue weighted by atomic mass is 10.1.